The predicted octanol–water partition coefficient (Wildman–Crippen LogP) is 4.95. The van der Waals surface area contributed by atoms with Gasteiger partial charge in [0.05, 0.1) is 4.90 Å². The average molecular weight is 463 g/mol. The molecule has 0 unspecified atom stereocenters. The van der Waals surface area contributed by atoms with Crippen LogP contribution in [0.25, 0.3) is 0 Å². The Labute approximate surface area is 170 Å². The number of aryl methyl sites for hydroxylation is 1. The highest BCUT2D eigenvalue weighted by Gasteiger charge is 2.15. The van der Waals surface area contributed by atoms with E-state index in [1.54, 1.807) is 43.3 Å². The van der Waals surface area contributed by atoms with Crippen LogP contribution in [0, 0.1) is 12.7 Å². The maximum Gasteiger partial charge on any atom is 0.261 e. The van der Waals surface area contributed by atoms with Crippen molar-refractivity contribution in [1.82, 2.24) is 0 Å². The van der Waals surface area contributed by atoms with Crippen LogP contribution < -0.4 is 10.0 Å². The van der Waals surface area contributed by atoms with E-state index in [4.69, 9.17) is 0 Å². The second-order valence-electron chi connectivity index (χ2n) is 6.05. The Morgan fingerprint density at radius 3 is 2.43 bits per heavy atom. The number of hydrogen-bond acceptors (Lipinski definition) is 3. The van der Waals surface area contributed by atoms with Crippen molar-refractivity contribution < 1.29 is 17.6 Å². The summed E-state index contributed by atoms with van der Waals surface area (Å²) in [6.07, 6.45) is 0. The summed E-state index contributed by atoms with van der Waals surface area (Å²) in [5.41, 5.74) is 1.54. The second kappa shape index (κ2) is 8.12. The Morgan fingerprint density at radius 2 is 1.71 bits per heavy atom. The summed E-state index contributed by atoms with van der Waals surface area (Å²) < 4.78 is 41.6. The highest BCUT2D eigenvalue weighted by atomic mass is 79.9. The Kier molecular flexibility index (Phi) is 5.81. The van der Waals surface area contributed by atoms with Gasteiger partial charge in [0.15, 0.2) is 0 Å². The Hall–Kier alpha value is -2.71. The highest BCUT2D eigenvalue weighted by Crippen LogP contribution is 2.21. The van der Waals surface area contributed by atoms with Gasteiger partial charge in [0.25, 0.3) is 15.9 Å². The molecule has 0 heterocycles. The minimum atomic E-state index is -3.80. The average Bonchev–Trinajstić information content (AvgIpc) is 2.65. The normalized spacial score (nSPS) is 11.1. The molecule has 0 aliphatic carbocycles. The Bertz CT molecular complexity index is 1130. The molecular formula is C20H16BrFN2O3S. The molecule has 8 heteroatoms. The van der Waals surface area contributed by atoms with E-state index in [-0.39, 0.29) is 16.1 Å². The molecule has 0 saturated carbocycles. The Morgan fingerprint density at radius 1 is 1.00 bits per heavy atom. The summed E-state index contributed by atoms with van der Waals surface area (Å²) in [4.78, 5) is 12.6. The number of amides is 1. The summed E-state index contributed by atoms with van der Waals surface area (Å²) >= 11 is 3.26. The SMILES string of the molecule is Cc1ccc(F)cc1NC(=O)c1cccc(NS(=O)(=O)c2ccc(Br)cc2)c1. The Balaban J connectivity index is 1.81. The van der Waals surface area contributed by atoms with Crippen LogP contribution in [0.2, 0.25) is 0 Å². The van der Waals surface area contributed by atoms with Gasteiger partial charge in [0.1, 0.15) is 5.82 Å². The van der Waals surface area contributed by atoms with Gasteiger partial charge >= 0.3 is 0 Å². The maximum absolute atomic E-state index is 13.4. The van der Waals surface area contributed by atoms with Gasteiger partial charge in [-0.05, 0) is 67.1 Å². The first-order valence-electron chi connectivity index (χ1n) is 8.20. The van der Waals surface area contributed by atoms with Gasteiger partial charge in [0, 0.05) is 21.4 Å². The van der Waals surface area contributed by atoms with Crippen molar-refractivity contribution in [3.8, 4) is 0 Å². The minimum absolute atomic E-state index is 0.0981. The molecule has 3 rings (SSSR count). The van der Waals surface area contributed by atoms with Crippen LogP contribution >= 0.6 is 15.9 Å². The molecule has 0 aliphatic heterocycles. The molecule has 0 saturated heterocycles. The topological polar surface area (TPSA) is 75.3 Å². The standard InChI is InChI=1S/C20H16BrFN2O3S/c1-13-5-8-16(22)12-19(13)23-20(25)14-3-2-4-17(11-14)24-28(26,27)18-9-6-15(21)7-10-18/h2-12,24H,1H3,(H,23,25). The van der Waals surface area contributed by atoms with Gasteiger partial charge in [0.2, 0.25) is 0 Å². The molecular weight excluding hydrogens is 447 g/mol. The summed E-state index contributed by atoms with van der Waals surface area (Å²) in [7, 11) is -3.80. The number of nitrogens with one attached hydrogen (secondary N) is 2. The van der Waals surface area contributed by atoms with Crippen molar-refractivity contribution in [2.45, 2.75) is 11.8 Å². The van der Waals surface area contributed by atoms with E-state index < -0.39 is 21.7 Å². The van der Waals surface area contributed by atoms with Crippen molar-refractivity contribution in [3.05, 3.63) is 88.1 Å². The number of benzene rings is 3. The van der Waals surface area contributed by atoms with Gasteiger partial charge in [-0.1, -0.05) is 28.1 Å². The molecule has 2 N–H and O–H groups in total. The first kappa shape index (κ1) is 20.0. The van der Waals surface area contributed by atoms with E-state index in [0.717, 1.165) is 4.47 Å². The van der Waals surface area contributed by atoms with E-state index in [2.05, 4.69) is 26.0 Å². The van der Waals surface area contributed by atoms with Crippen molar-refractivity contribution in [1.29, 1.82) is 0 Å². The molecule has 5 nitrogen and oxygen atoms in total. The number of sulfonamides is 1. The molecule has 28 heavy (non-hydrogen) atoms. The van der Waals surface area contributed by atoms with Crippen LogP contribution in [0.3, 0.4) is 0 Å². The molecule has 144 valence electrons. The smallest absolute Gasteiger partial charge is 0.261 e. The van der Waals surface area contributed by atoms with Crippen LogP contribution in [0.1, 0.15) is 15.9 Å². The van der Waals surface area contributed by atoms with E-state index in [1.165, 1.54) is 30.3 Å². The molecule has 0 fully saturated rings. The van der Waals surface area contributed by atoms with E-state index >= 15 is 0 Å². The highest BCUT2D eigenvalue weighted by molar-refractivity contribution is 9.10. The van der Waals surface area contributed by atoms with Gasteiger partial charge < -0.3 is 5.32 Å². The fraction of sp³-hybridized carbons (Fsp3) is 0.0500. The maximum atomic E-state index is 13.4. The minimum Gasteiger partial charge on any atom is -0.322 e. The zero-order valence-corrected chi connectivity index (χ0v) is 17.1. The fourth-order valence-electron chi connectivity index (χ4n) is 2.48. The fourth-order valence-corrected chi connectivity index (χ4v) is 3.79. The van der Waals surface area contributed by atoms with E-state index in [0.29, 0.717) is 11.3 Å². The first-order chi connectivity index (χ1) is 13.2. The third-order valence-electron chi connectivity index (χ3n) is 3.95. The lowest BCUT2D eigenvalue weighted by atomic mass is 10.1. The summed E-state index contributed by atoms with van der Waals surface area (Å²) in [6.45, 7) is 1.75. The van der Waals surface area contributed by atoms with Gasteiger partial charge in [-0.15, -0.1) is 0 Å². The van der Waals surface area contributed by atoms with Crippen molar-refractivity contribution in [2.24, 2.45) is 0 Å². The molecule has 0 aromatic heterocycles. The zero-order chi connectivity index (χ0) is 20.3. The van der Waals surface area contributed by atoms with Gasteiger partial charge in [-0.25, -0.2) is 12.8 Å². The number of anilines is 2. The third kappa shape index (κ3) is 4.76. The van der Waals surface area contributed by atoms with Crippen LogP contribution in [-0.2, 0) is 10.0 Å². The number of rotatable bonds is 5. The zero-order valence-electron chi connectivity index (χ0n) is 14.7. The number of carbonyl (C=O) groups is 1. The third-order valence-corrected chi connectivity index (χ3v) is 5.87. The van der Waals surface area contributed by atoms with Crippen molar-refractivity contribution >= 4 is 43.2 Å². The molecule has 3 aromatic carbocycles. The lowest BCUT2D eigenvalue weighted by Gasteiger charge is -2.11. The number of halogens is 2. The van der Waals surface area contributed by atoms with Crippen LogP contribution in [0.15, 0.2) is 76.1 Å². The number of carbonyl (C=O) groups excluding carboxylic acids is 1. The largest absolute Gasteiger partial charge is 0.322 e. The van der Waals surface area contributed by atoms with Crippen molar-refractivity contribution in [2.75, 3.05) is 10.0 Å². The molecule has 0 radical (unpaired) electrons. The molecule has 0 bridgehead atoms. The molecule has 1 amide bonds. The second-order valence-corrected chi connectivity index (χ2v) is 8.65. The van der Waals surface area contributed by atoms with Gasteiger partial charge in [-0.3, -0.25) is 9.52 Å². The van der Waals surface area contributed by atoms with Crippen LogP contribution in [-0.4, -0.2) is 14.3 Å². The molecule has 0 spiro atoms. The van der Waals surface area contributed by atoms with Crippen LogP contribution in [0.4, 0.5) is 15.8 Å². The summed E-state index contributed by atoms with van der Waals surface area (Å²) in [6, 6.07) is 16.4. The lowest BCUT2D eigenvalue weighted by Crippen LogP contribution is -2.15. The van der Waals surface area contributed by atoms with E-state index in [1.807, 2.05) is 0 Å². The number of hydrogen-bond donors (Lipinski definition) is 2. The van der Waals surface area contributed by atoms with E-state index in [9.17, 15) is 17.6 Å². The quantitative estimate of drug-likeness (QED) is 0.563. The lowest BCUT2D eigenvalue weighted by molar-refractivity contribution is 0.102. The summed E-state index contributed by atoms with van der Waals surface area (Å²) in [5.74, 6) is -0.935. The van der Waals surface area contributed by atoms with Crippen LogP contribution in [0.5, 0.6) is 0 Å². The van der Waals surface area contributed by atoms with Gasteiger partial charge in [-0.2, -0.15) is 0 Å². The summed E-state index contributed by atoms with van der Waals surface area (Å²) in [5, 5.41) is 2.63. The van der Waals surface area contributed by atoms with Crippen molar-refractivity contribution in [3.63, 3.8) is 0 Å². The first-order valence-corrected chi connectivity index (χ1v) is 10.5. The predicted molar refractivity (Wildman–Crippen MR) is 110 cm³/mol. The molecule has 0 atom stereocenters. The molecule has 0 aliphatic rings. The monoisotopic (exact) mass is 462 g/mol. The molecule has 3 aromatic rings.